The van der Waals surface area contributed by atoms with Crippen LogP contribution in [0.15, 0.2) is 22.7 Å². The molecule has 1 unspecified atom stereocenters. The van der Waals surface area contributed by atoms with Gasteiger partial charge in [-0.2, -0.15) is 0 Å². The van der Waals surface area contributed by atoms with Gasteiger partial charge >= 0.3 is 0 Å². The fourth-order valence-corrected chi connectivity index (χ4v) is 2.74. The summed E-state index contributed by atoms with van der Waals surface area (Å²) < 4.78 is 19.2. The highest BCUT2D eigenvalue weighted by atomic mass is 79.9. The second-order valence-electron chi connectivity index (χ2n) is 4.74. The molecule has 0 aromatic heterocycles. The first-order valence-electron chi connectivity index (χ1n) is 5.90. The molecule has 1 aliphatic rings. The summed E-state index contributed by atoms with van der Waals surface area (Å²) in [6.45, 7) is 1.51. The monoisotopic (exact) mass is 301 g/mol. The van der Waals surface area contributed by atoms with Gasteiger partial charge in [0.1, 0.15) is 5.82 Å². The van der Waals surface area contributed by atoms with E-state index < -0.39 is 0 Å². The lowest BCUT2D eigenvalue weighted by molar-refractivity contribution is 0.139. The molecule has 0 saturated carbocycles. The average molecular weight is 302 g/mol. The second-order valence-corrected chi connectivity index (χ2v) is 5.60. The smallest absolute Gasteiger partial charge is 0.124 e. The third-order valence-corrected chi connectivity index (χ3v) is 4.00. The number of benzene rings is 1. The summed E-state index contributed by atoms with van der Waals surface area (Å²) in [5.41, 5.74) is 7.24. The number of ether oxygens (including phenoxy) is 1. The van der Waals surface area contributed by atoms with Crippen molar-refractivity contribution in [1.82, 2.24) is 0 Å². The molecular weight excluding hydrogens is 285 g/mol. The van der Waals surface area contributed by atoms with Gasteiger partial charge in [0.05, 0.1) is 0 Å². The van der Waals surface area contributed by atoms with E-state index in [1.807, 2.05) is 0 Å². The molecule has 0 radical (unpaired) electrons. The van der Waals surface area contributed by atoms with E-state index in [1.165, 1.54) is 12.1 Å². The Balaban J connectivity index is 2.12. The molecule has 1 saturated heterocycles. The Labute approximate surface area is 109 Å². The van der Waals surface area contributed by atoms with Gasteiger partial charge in [-0.05, 0) is 43.4 Å². The van der Waals surface area contributed by atoms with E-state index in [-0.39, 0.29) is 11.4 Å². The van der Waals surface area contributed by atoms with Gasteiger partial charge in [-0.1, -0.05) is 22.0 Å². The van der Waals surface area contributed by atoms with Crippen LogP contribution >= 0.6 is 15.9 Å². The van der Waals surface area contributed by atoms with E-state index >= 15 is 0 Å². The van der Waals surface area contributed by atoms with Gasteiger partial charge in [0.25, 0.3) is 0 Å². The highest BCUT2D eigenvalue weighted by Crippen LogP contribution is 2.27. The average Bonchev–Trinajstić information content (AvgIpc) is 2.48. The third-order valence-electron chi connectivity index (χ3n) is 3.27. The molecule has 1 heterocycles. The van der Waals surface area contributed by atoms with Crippen molar-refractivity contribution in [3.05, 3.63) is 34.1 Å². The van der Waals surface area contributed by atoms with Gasteiger partial charge in [-0.3, -0.25) is 0 Å². The topological polar surface area (TPSA) is 35.2 Å². The number of nitrogens with two attached hydrogens (primary N) is 1. The van der Waals surface area contributed by atoms with Crippen molar-refractivity contribution in [3.8, 4) is 0 Å². The van der Waals surface area contributed by atoms with Crippen molar-refractivity contribution in [3.63, 3.8) is 0 Å². The van der Waals surface area contributed by atoms with E-state index in [0.29, 0.717) is 0 Å². The van der Waals surface area contributed by atoms with E-state index in [4.69, 9.17) is 10.5 Å². The van der Waals surface area contributed by atoms with Gasteiger partial charge in [0, 0.05) is 23.2 Å². The van der Waals surface area contributed by atoms with Crippen LogP contribution in [0.1, 0.15) is 24.8 Å². The van der Waals surface area contributed by atoms with E-state index in [2.05, 4.69) is 15.9 Å². The zero-order valence-corrected chi connectivity index (χ0v) is 11.3. The quantitative estimate of drug-likeness (QED) is 0.911. The van der Waals surface area contributed by atoms with Crippen molar-refractivity contribution in [2.45, 2.75) is 31.2 Å². The standard InChI is InChI=1S/C13H17BrFNO/c14-12-8-11(15)3-2-10(12)9-13(16)4-1-6-17-7-5-13/h2-3,8H,1,4-7,9,16H2. The molecule has 2 nitrogen and oxygen atoms in total. The van der Waals surface area contributed by atoms with Crippen LogP contribution in [0.25, 0.3) is 0 Å². The molecule has 94 valence electrons. The molecular formula is C13H17BrFNO. The Hall–Kier alpha value is -0.450. The molecule has 0 aliphatic carbocycles. The normalized spacial score (nSPS) is 25.6. The highest BCUT2D eigenvalue weighted by Gasteiger charge is 2.27. The molecule has 2 N–H and O–H groups in total. The summed E-state index contributed by atoms with van der Waals surface area (Å²) in [5.74, 6) is -0.226. The number of hydrogen-bond acceptors (Lipinski definition) is 2. The number of halogens is 2. The predicted octanol–water partition coefficient (Wildman–Crippen LogP) is 3.03. The van der Waals surface area contributed by atoms with E-state index in [1.54, 1.807) is 6.07 Å². The fourth-order valence-electron chi connectivity index (χ4n) is 2.25. The van der Waals surface area contributed by atoms with E-state index in [9.17, 15) is 4.39 Å². The Morgan fingerprint density at radius 2 is 2.18 bits per heavy atom. The molecule has 2 rings (SSSR count). The van der Waals surface area contributed by atoms with Crippen LogP contribution in [0.5, 0.6) is 0 Å². The molecule has 1 fully saturated rings. The maximum atomic E-state index is 13.0. The maximum Gasteiger partial charge on any atom is 0.124 e. The van der Waals surface area contributed by atoms with Crippen molar-refractivity contribution < 1.29 is 9.13 Å². The first-order chi connectivity index (χ1) is 8.09. The maximum absolute atomic E-state index is 13.0. The molecule has 0 spiro atoms. The summed E-state index contributed by atoms with van der Waals surface area (Å²) >= 11 is 3.39. The van der Waals surface area contributed by atoms with Gasteiger partial charge in [0.2, 0.25) is 0 Å². The molecule has 4 heteroatoms. The lowest BCUT2D eigenvalue weighted by Gasteiger charge is -2.28. The molecule has 1 aliphatic heterocycles. The van der Waals surface area contributed by atoms with Crippen LogP contribution < -0.4 is 5.73 Å². The van der Waals surface area contributed by atoms with Crippen LogP contribution in [0.4, 0.5) is 4.39 Å². The van der Waals surface area contributed by atoms with Gasteiger partial charge in [-0.25, -0.2) is 4.39 Å². The lowest BCUT2D eigenvalue weighted by atomic mass is 9.85. The fraction of sp³-hybridized carbons (Fsp3) is 0.538. The highest BCUT2D eigenvalue weighted by molar-refractivity contribution is 9.10. The van der Waals surface area contributed by atoms with Gasteiger partial charge < -0.3 is 10.5 Å². The molecule has 1 aromatic carbocycles. The van der Waals surface area contributed by atoms with Crippen molar-refractivity contribution in [2.24, 2.45) is 5.73 Å². The first-order valence-corrected chi connectivity index (χ1v) is 6.69. The summed E-state index contributed by atoms with van der Waals surface area (Å²) in [6, 6.07) is 4.78. The van der Waals surface area contributed by atoms with Gasteiger partial charge in [0.15, 0.2) is 0 Å². The molecule has 1 atom stereocenters. The molecule has 0 bridgehead atoms. The Morgan fingerprint density at radius 3 is 2.94 bits per heavy atom. The van der Waals surface area contributed by atoms with Gasteiger partial charge in [-0.15, -0.1) is 0 Å². The first kappa shape index (κ1) is 13.0. The summed E-state index contributed by atoms with van der Waals surface area (Å²) in [4.78, 5) is 0. The van der Waals surface area contributed by atoms with Crippen LogP contribution in [-0.2, 0) is 11.2 Å². The minimum absolute atomic E-state index is 0.225. The molecule has 1 aromatic rings. The Morgan fingerprint density at radius 1 is 1.35 bits per heavy atom. The lowest BCUT2D eigenvalue weighted by Crippen LogP contribution is -2.42. The molecule has 17 heavy (non-hydrogen) atoms. The summed E-state index contributed by atoms with van der Waals surface area (Å²) in [6.07, 6.45) is 3.57. The minimum atomic E-state index is -0.226. The minimum Gasteiger partial charge on any atom is -0.381 e. The van der Waals surface area contributed by atoms with Crippen LogP contribution in [0.3, 0.4) is 0 Å². The van der Waals surface area contributed by atoms with Crippen molar-refractivity contribution in [1.29, 1.82) is 0 Å². The second kappa shape index (κ2) is 5.46. The van der Waals surface area contributed by atoms with Crippen molar-refractivity contribution in [2.75, 3.05) is 13.2 Å². The third kappa shape index (κ3) is 3.50. The van der Waals surface area contributed by atoms with Crippen LogP contribution in [0.2, 0.25) is 0 Å². The SMILES string of the molecule is NC1(Cc2ccc(F)cc2Br)CCCOCC1. The van der Waals surface area contributed by atoms with Crippen molar-refractivity contribution >= 4 is 15.9 Å². The number of hydrogen-bond donors (Lipinski definition) is 1. The zero-order valence-electron chi connectivity index (χ0n) is 9.72. The van der Waals surface area contributed by atoms with E-state index in [0.717, 1.165) is 48.9 Å². The van der Waals surface area contributed by atoms with Crippen LogP contribution in [-0.4, -0.2) is 18.8 Å². The zero-order chi connectivity index (χ0) is 12.3. The Bertz CT molecular complexity index is 389. The van der Waals surface area contributed by atoms with Crippen LogP contribution in [0, 0.1) is 5.82 Å². The number of rotatable bonds is 2. The largest absolute Gasteiger partial charge is 0.381 e. The predicted molar refractivity (Wildman–Crippen MR) is 69.4 cm³/mol. The Kier molecular flexibility index (Phi) is 4.17. The summed E-state index contributed by atoms with van der Waals surface area (Å²) in [7, 11) is 0. The molecule has 0 amide bonds. The summed E-state index contributed by atoms with van der Waals surface area (Å²) in [5, 5.41) is 0.